The average Bonchev–Trinajstić information content (AvgIpc) is 2.92. The second kappa shape index (κ2) is 6.91. The molecule has 0 saturated heterocycles. The Kier molecular flexibility index (Phi) is 4.71. The predicted molar refractivity (Wildman–Crippen MR) is 86.2 cm³/mol. The Bertz CT molecular complexity index is 855. The molecule has 2 aromatic heterocycles. The van der Waals surface area contributed by atoms with Gasteiger partial charge in [-0.15, -0.1) is 0 Å². The summed E-state index contributed by atoms with van der Waals surface area (Å²) in [5.74, 6) is 0.514. The van der Waals surface area contributed by atoms with Gasteiger partial charge in [-0.3, -0.25) is 9.69 Å². The van der Waals surface area contributed by atoms with Crippen LogP contribution >= 0.6 is 0 Å². The number of hydrogen-bond donors (Lipinski definition) is 3. The summed E-state index contributed by atoms with van der Waals surface area (Å²) in [6, 6.07) is 7.39. The van der Waals surface area contributed by atoms with Crippen LogP contribution in [0.5, 0.6) is 0 Å². The highest BCUT2D eigenvalue weighted by molar-refractivity contribution is 6.01. The number of furan rings is 1. The van der Waals surface area contributed by atoms with Gasteiger partial charge < -0.3 is 19.6 Å². The summed E-state index contributed by atoms with van der Waals surface area (Å²) in [6.07, 6.45) is 0.598. The molecule has 0 unspecified atom stereocenters. The van der Waals surface area contributed by atoms with Gasteiger partial charge >= 0.3 is 0 Å². The predicted octanol–water partition coefficient (Wildman–Crippen LogP) is 0.846. The molecule has 1 aromatic carbocycles. The molecule has 0 fully saturated rings. The topological polar surface area (TPSA) is 103 Å². The molecule has 0 aliphatic heterocycles. The number of aliphatic hydroxyl groups excluding tert-OH is 2. The van der Waals surface area contributed by atoms with Gasteiger partial charge in [-0.1, -0.05) is 12.1 Å². The van der Waals surface area contributed by atoms with Crippen LogP contribution < -0.4 is 5.56 Å². The molecule has 0 amide bonds. The monoisotopic (exact) mass is 317 g/mol. The number of nitrogens with one attached hydrogen (secondary N) is 1. The van der Waals surface area contributed by atoms with Crippen LogP contribution in [0.25, 0.3) is 22.1 Å². The summed E-state index contributed by atoms with van der Waals surface area (Å²) in [5, 5.41) is 18.9. The molecular weight excluding hydrogens is 298 g/mol. The van der Waals surface area contributed by atoms with Crippen molar-refractivity contribution in [1.82, 2.24) is 14.9 Å². The van der Waals surface area contributed by atoms with Gasteiger partial charge in [-0.05, 0) is 18.6 Å². The van der Waals surface area contributed by atoms with Crippen molar-refractivity contribution >= 4 is 22.1 Å². The van der Waals surface area contributed by atoms with E-state index in [1.807, 2.05) is 23.1 Å². The van der Waals surface area contributed by atoms with Crippen LogP contribution in [0.15, 0.2) is 33.5 Å². The van der Waals surface area contributed by atoms with E-state index in [0.717, 1.165) is 5.39 Å². The minimum atomic E-state index is -0.313. The highest BCUT2D eigenvalue weighted by Gasteiger charge is 2.14. The van der Waals surface area contributed by atoms with Crippen LogP contribution in [0.1, 0.15) is 12.2 Å². The smallest absolute Gasteiger partial charge is 0.294 e. The summed E-state index contributed by atoms with van der Waals surface area (Å²) >= 11 is 0. The third kappa shape index (κ3) is 3.26. The zero-order valence-corrected chi connectivity index (χ0v) is 12.7. The molecule has 0 atom stereocenters. The van der Waals surface area contributed by atoms with Gasteiger partial charge in [0, 0.05) is 25.1 Å². The number of fused-ring (bicyclic) bond motifs is 3. The lowest BCUT2D eigenvalue weighted by Crippen LogP contribution is -2.30. The zero-order valence-electron chi connectivity index (χ0n) is 12.7. The van der Waals surface area contributed by atoms with E-state index in [4.69, 9.17) is 14.6 Å². The van der Waals surface area contributed by atoms with Gasteiger partial charge in [0.05, 0.1) is 13.2 Å². The SMILES string of the molecule is O=c1[nH]c(CN(CCO)CCCO)nc2c1oc1ccccc12. The Balaban J connectivity index is 1.97. The van der Waals surface area contributed by atoms with Crippen LogP contribution in [-0.4, -0.2) is 51.4 Å². The minimum absolute atomic E-state index is 0.00649. The molecule has 3 N–H and O–H groups in total. The lowest BCUT2D eigenvalue weighted by molar-refractivity contribution is 0.171. The number of hydrogen-bond acceptors (Lipinski definition) is 6. The van der Waals surface area contributed by atoms with Gasteiger partial charge in [0.2, 0.25) is 5.58 Å². The molecule has 0 aliphatic carbocycles. The molecule has 2 heterocycles. The van der Waals surface area contributed by atoms with Gasteiger partial charge in [0.25, 0.3) is 5.56 Å². The lowest BCUT2D eigenvalue weighted by atomic mass is 10.2. The van der Waals surface area contributed by atoms with E-state index in [1.54, 1.807) is 6.07 Å². The summed E-state index contributed by atoms with van der Waals surface area (Å²) < 4.78 is 5.56. The number of aliphatic hydroxyl groups is 2. The maximum absolute atomic E-state index is 12.2. The van der Waals surface area contributed by atoms with Gasteiger partial charge in [-0.2, -0.15) is 0 Å². The quantitative estimate of drug-likeness (QED) is 0.597. The fourth-order valence-corrected chi connectivity index (χ4v) is 2.64. The van der Waals surface area contributed by atoms with Crippen molar-refractivity contribution in [2.45, 2.75) is 13.0 Å². The first kappa shape index (κ1) is 15.7. The van der Waals surface area contributed by atoms with Crippen LogP contribution in [0.2, 0.25) is 0 Å². The Hall–Kier alpha value is -2.22. The molecule has 23 heavy (non-hydrogen) atoms. The van der Waals surface area contributed by atoms with E-state index in [9.17, 15) is 4.79 Å². The van der Waals surface area contributed by atoms with Crippen LogP contribution in [0, 0.1) is 0 Å². The molecule has 0 radical (unpaired) electrons. The minimum Gasteiger partial charge on any atom is -0.449 e. The van der Waals surface area contributed by atoms with Crippen molar-refractivity contribution in [2.75, 3.05) is 26.3 Å². The molecule has 3 aromatic rings. The fraction of sp³-hybridized carbons (Fsp3) is 0.375. The standard InChI is InChI=1S/C16H19N3O4/c20-8-3-6-19(7-9-21)10-13-17-14-11-4-1-2-5-12(11)23-15(14)16(22)18-13/h1-2,4-5,20-21H,3,6-10H2,(H,17,18,22). The van der Waals surface area contributed by atoms with Crippen molar-refractivity contribution in [3.8, 4) is 0 Å². The third-order valence-electron chi connectivity index (χ3n) is 3.70. The van der Waals surface area contributed by atoms with Crippen molar-refractivity contribution in [3.63, 3.8) is 0 Å². The average molecular weight is 317 g/mol. The fourth-order valence-electron chi connectivity index (χ4n) is 2.64. The van der Waals surface area contributed by atoms with E-state index in [1.165, 1.54) is 0 Å². The molecule has 0 aliphatic rings. The largest absolute Gasteiger partial charge is 0.449 e. The number of rotatable bonds is 7. The second-order valence-corrected chi connectivity index (χ2v) is 5.37. The van der Waals surface area contributed by atoms with Gasteiger partial charge in [0.15, 0.2) is 0 Å². The molecule has 7 nitrogen and oxygen atoms in total. The van der Waals surface area contributed by atoms with Crippen molar-refractivity contribution in [1.29, 1.82) is 0 Å². The van der Waals surface area contributed by atoms with E-state index >= 15 is 0 Å². The molecule has 0 spiro atoms. The normalized spacial score (nSPS) is 11.8. The summed E-state index contributed by atoms with van der Waals surface area (Å²) in [7, 11) is 0. The third-order valence-corrected chi connectivity index (χ3v) is 3.70. The number of H-pyrrole nitrogens is 1. The van der Waals surface area contributed by atoms with Gasteiger partial charge in [0.1, 0.15) is 16.9 Å². The first-order valence-corrected chi connectivity index (χ1v) is 7.57. The van der Waals surface area contributed by atoms with E-state index in [2.05, 4.69) is 9.97 Å². The first-order chi connectivity index (χ1) is 11.2. The van der Waals surface area contributed by atoms with E-state index in [0.29, 0.717) is 43.0 Å². The Morgan fingerprint density at radius 1 is 1.17 bits per heavy atom. The number of nitrogens with zero attached hydrogens (tertiary/aromatic N) is 2. The summed E-state index contributed by atoms with van der Waals surface area (Å²) in [4.78, 5) is 21.4. The maximum Gasteiger partial charge on any atom is 0.294 e. The highest BCUT2D eigenvalue weighted by Crippen LogP contribution is 2.24. The number of benzene rings is 1. The molecule has 0 bridgehead atoms. The molecule has 0 saturated carbocycles. The van der Waals surface area contributed by atoms with E-state index < -0.39 is 0 Å². The van der Waals surface area contributed by atoms with Crippen molar-refractivity contribution < 1.29 is 14.6 Å². The number of para-hydroxylation sites is 1. The first-order valence-electron chi connectivity index (χ1n) is 7.57. The summed E-state index contributed by atoms with van der Waals surface area (Å²) in [5.41, 5.74) is 1.09. The molecule has 7 heteroatoms. The molecule has 122 valence electrons. The highest BCUT2D eigenvalue weighted by atomic mass is 16.3. The van der Waals surface area contributed by atoms with Crippen LogP contribution in [0.3, 0.4) is 0 Å². The van der Waals surface area contributed by atoms with Crippen LogP contribution in [-0.2, 0) is 6.54 Å². The van der Waals surface area contributed by atoms with E-state index in [-0.39, 0.29) is 24.4 Å². The lowest BCUT2D eigenvalue weighted by Gasteiger charge is -2.19. The Labute approximate surface area is 132 Å². The second-order valence-electron chi connectivity index (χ2n) is 5.37. The maximum atomic E-state index is 12.2. The van der Waals surface area contributed by atoms with Crippen LogP contribution in [0.4, 0.5) is 0 Å². The Morgan fingerprint density at radius 2 is 2.00 bits per heavy atom. The molecular formula is C16H19N3O4. The van der Waals surface area contributed by atoms with Crippen molar-refractivity contribution in [2.24, 2.45) is 0 Å². The Morgan fingerprint density at radius 3 is 2.78 bits per heavy atom. The number of aromatic nitrogens is 2. The number of aromatic amines is 1. The van der Waals surface area contributed by atoms with Crippen molar-refractivity contribution in [3.05, 3.63) is 40.4 Å². The summed E-state index contributed by atoms with van der Waals surface area (Å²) in [6.45, 7) is 1.55. The van der Waals surface area contributed by atoms with Gasteiger partial charge in [-0.25, -0.2) is 4.98 Å². The zero-order chi connectivity index (χ0) is 16.2. The molecule has 3 rings (SSSR count).